The fourth-order valence-electron chi connectivity index (χ4n) is 4.06. The molecule has 1 aromatic carbocycles. The third-order valence-electron chi connectivity index (χ3n) is 6.16. The molecule has 0 spiro atoms. The number of nitrogens with one attached hydrogen (secondary N) is 2. The van der Waals surface area contributed by atoms with Gasteiger partial charge in [0.25, 0.3) is 0 Å². The third kappa shape index (κ3) is 9.93. The highest BCUT2D eigenvalue weighted by Crippen LogP contribution is 2.28. The number of rotatable bonds is 16. The first-order valence-electron chi connectivity index (χ1n) is 13.3. The molecule has 3 rings (SSSR count). The van der Waals surface area contributed by atoms with Crippen molar-refractivity contribution in [2.45, 2.75) is 64.1 Å². The van der Waals surface area contributed by atoms with Crippen LogP contribution >= 0.6 is 0 Å². The summed E-state index contributed by atoms with van der Waals surface area (Å²) in [4.78, 5) is 45.3. The molecule has 11 nitrogen and oxygen atoms in total. The lowest BCUT2D eigenvalue weighted by Crippen LogP contribution is -2.58. The lowest BCUT2D eigenvalue weighted by atomic mass is 10.1. The monoisotopic (exact) mass is 541 g/mol. The van der Waals surface area contributed by atoms with Gasteiger partial charge in [0.15, 0.2) is 6.29 Å². The molecule has 1 aromatic heterocycles. The fourth-order valence-corrected chi connectivity index (χ4v) is 4.06. The van der Waals surface area contributed by atoms with E-state index in [0.717, 1.165) is 24.0 Å². The number of nitrogens with zero attached hydrogens (tertiary/aromatic N) is 2. The molecule has 2 unspecified atom stereocenters. The van der Waals surface area contributed by atoms with Crippen LogP contribution in [0.15, 0.2) is 54.9 Å². The van der Waals surface area contributed by atoms with Gasteiger partial charge in [-0.05, 0) is 43.9 Å². The Morgan fingerprint density at radius 1 is 1.00 bits per heavy atom. The second-order valence-electron chi connectivity index (χ2n) is 9.18. The molecular formula is C28H39N5O6. The summed E-state index contributed by atoms with van der Waals surface area (Å²) < 4.78 is 16.6. The van der Waals surface area contributed by atoms with Crippen LogP contribution in [0.3, 0.4) is 0 Å². The molecule has 0 saturated heterocycles. The minimum Gasteiger partial charge on any atom is -0.445 e. The van der Waals surface area contributed by atoms with Gasteiger partial charge in [-0.2, -0.15) is 0 Å². The fraction of sp³-hybridized carbons (Fsp3) is 0.500. The number of benzene rings is 1. The number of carbonyl (C=O) groups is 3. The van der Waals surface area contributed by atoms with Gasteiger partial charge in [0.05, 0.1) is 6.54 Å². The largest absolute Gasteiger partial charge is 0.445 e. The first-order chi connectivity index (χ1) is 18.9. The Bertz CT molecular complexity index is 1030. The van der Waals surface area contributed by atoms with Gasteiger partial charge in [0, 0.05) is 44.6 Å². The highest BCUT2D eigenvalue weighted by Gasteiger charge is 2.38. The van der Waals surface area contributed by atoms with Crippen LogP contribution in [0.2, 0.25) is 0 Å². The van der Waals surface area contributed by atoms with Crippen LogP contribution in [0.1, 0.15) is 37.8 Å². The standard InChI is InChI=1S/C28H39N5O6/c1-3-37-25(38-4-2)18-33(22-12-13-22)27(35)23(15-21-11-8-14-30-17-21)31-26(34)24(16-29)32-28(36)39-19-20-9-6-5-7-10-20/h5-11,14,17,22-25H,3-4,12-13,15-16,18-19,29H2,1-2H3,(H,31,34)(H,32,36). The lowest BCUT2D eigenvalue weighted by Gasteiger charge is -2.31. The van der Waals surface area contributed by atoms with Crippen LogP contribution in [0, 0.1) is 0 Å². The van der Waals surface area contributed by atoms with Crippen LogP contribution in [-0.2, 0) is 36.8 Å². The van der Waals surface area contributed by atoms with E-state index in [1.807, 2.05) is 50.2 Å². The van der Waals surface area contributed by atoms with E-state index in [0.29, 0.717) is 13.2 Å². The van der Waals surface area contributed by atoms with Crippen molar-refractivity contribution in [2.75, 3.05) is 26.3 Å². The number of pyridine rings is 1. The van der Waals surface area contributed by atoms with Crippen molar-refractivity contribution in [3.63, 3.8) is 0 Å². The van der Waals surface area contributed by atoms with E-state index in [1.165, 1.54) is 0 Å². The highest BCUT2D eigenvalue weighted by atomic mass is 16.7. The average Bonchev–Trinajstić information content (AvgIpc) is 3.79. The molecule has 1 fully saturated rings. The van der Waals surface area contributed by atoms with Gasteiger partial charge >= 0.3 is 6.09 Å². The molecule has 1 saturated carbocycles. The first kappa shape index (κ1) is 30.0. The molecule has 2 atom stereocenters. The Kier molecular flexibility index (Phi) is 12.1. The maximum Gasteiger partial charge on any atom is 0.408 e. The maximum atomic E-state index is 13.8. The zero-order valence-corrected chi connectivity index (χ0v) is 22.6. The number of carbonyl (C=O) groups excluding carboxylic acids is 3. The van der Waals surface area contributed by atoms with Crippen LogP contribution in [0.5, 0.6) is 0 Å². The van der Waals surface area contributed by atoms with E-state index in [9.17, 15) is 14.4 Å². The van der Waals surface area contributed by atoms with Crippen molar-refractivity contribution in [3.8, 4) is 0 Å². The van der Waals surface area contributed by atoms with Gasteiger partial charge in [0.1, 0.15) is 18.7 Å². The highest BCUT2D eigenvalue weighted by molar-refractivity contribution is 5.91. The van der Waals surface area contributed by atoms with Crippen molar-refractivity contribution in [2.24, 2.45) is 5.73 Å². The SMILES string of the molecule is CCOC(CN(C(=O)C(Cc1cccnc1)NC(=O)C(CN)NC(=O)OCc1ccccc1)C1CC1)OCC. The van der Waals surface area contributed by atoms with Crippen molar-refractivity contribution < 1.29 is 28.6 Å². The number of amides is 3. The summed E-state index contributed by atoms with van der Waals surface area (Å²) in [5.74, 6) is -0.847. The number of hydrogen-bond donors (Lipinski definition) is 3. The van der Waals surface area contributed by atoms with E-state index in [-0.39, 0.29) is 38.1 Å². The molecule has 4 N–H and O–H groups in total. The maximum absolute atomic E-state index is 13.8. The minimum absolute atomic E-state index is 0.0465. The number of alkyl carbamates (subject to hydrolysis) is 1. The van der Waals surface area contributed by atoms with Gasteiger partial charge in [0.2, 0.25) is 11.8 Å². The van der Waals surface area contributed by atoms with Crippen molar-refractivity contribution in [1.82, 2.24) is 20.5 Å². The summed E-state index contributed by atoms with van der Waals surface area (Å²) in [7, 11) is 0. The van der Waals surface area contributed by atoms with Gasteiger partial charge in [-0.15, -0.1) is 0 Å². The minimum atomic E-state index is -1.09. The number of nitrogens with two attached hydrogens (primary N) is 1. The Labute approximate surface area is 229 Å². The summed E-state index contributed by atoms with van der Waals surface area (Å²) in [6.07, 6.45) is 3.88. The quantitative estimate of drug-likeness (QED) is 0.273. The molecule has 2 aromatic rings. The summed E-state index contributed by atoms with van der Waals surface area (Å²) in [6, 6.07) is 10.8. The van der Waals surface area contributed by atoms with Crippen molar-refractivity contribution >= 4 is 17.9 Å². The Balaban J connectivity index is 1.70. The van der Waals surface area contributed by atoms with E-state index in [2.05, 4.69) is 15.6 Å². The smallest absolute Gasteiger partial charge is 0.408 e. The van der Waals surface area contributed by atoms with E-state index < -0.39 is 30.4 Å². The Morgan fingerprint density at radius 3 is 2.28 bits per heavy atom. The molecule has 1 heterocycles. The number of aromatic nitrogens is 1. The van der Waals surface area contributed by atoms with E-state index in [1.54, 1.807) is 23.4 Å². The van der Waals surface area contributed by atoms with Gasteiger partial charge in [-0.1, -0.05) is 36.4 Å². The van der Waals surface area contributed by atoms with Crippen LogP contribution in [0.25, 0.3) is 0 Å². The number of hydrogen-bond acceptors (Lipinski definition) is 8. The molecule has 3 amide bonds. The van der Waals surface area contributed by atoms with Crippen molar-refractivity contribution in [1.29, 1.82) is 0 Å². The second-order valence-corrected chi connectivity index (χ2v) is 9.18. The molecule has 11 heteroatoms. The van der Waals surface area contributed by atoms with E-state index >= 15 is 0 Å². The Morgan fingerprint density at radius 2 is 1.69 bits per heavy atom. The summed E-state index contributed by atoms with van der Waals surface area (Å²) in [6.45, 7) is 4.73. The van der Waals surface area contributed by atoms with Gasteiger partial charge < -0.3 is 35.5 Å². The molecule has 212 valence electrons. The molecular weight excluding hydrogens is 502 g/mol. The Hall–Kier alpha value is -3.54. The van der Waals surface area contributed by atoms with Gasteiger partial charge in [-0.3, -0.25) is 14.6 Å². The van der Waals surface area contributed by atoms with Gasteiger partial charge in [-0.25, -0.2) is 4.79 Å². The molecule has 1 aliphatic carbocycles. The normalized spacial score (nSPS) is 14.4. The zero-order chi connectivity index (χ0) is 28.0. The first-order valence-corrected chi connectivity index (χ1v) is 13.3. The van der Waals surface area contributed by atoms with E-state index in [4.69, 9.17) is 19.9 Å². The second kappa shape index (κ2) is 15.8. The molecule has 39 heavy (non-hydrogen) atoms. The summed E-state index contributed by atoms with van der Waals surface area (Å²) in [5.41, 5.74) is 7.40. The predicted octanol–water partition coefficient (Wildman–Crippen LogP) is 1.75. The molecule has 0 aliphatic heterocycles. The zero-order valence-electron chi connectivity index (χ0n) is 22.6. The summed E-state index contributed by atoms with van der Waals surface area (Å²) in [5, 5.41) is 5.31. The van der Waals surface area contributed by atoms with Crippen molar-refractivity contribution in [3.05, 3.63) is 66.0 Å². The average molecular weight is 542 g/mol. The topological polar surface area (TPSA) is 145 Å². The molecule has 1 aliphatic rings. The van der Waals surface area contributed by atoms with Crippen LogP contribution in [0.4, 0.5) is 4.79 Å². The third-order valence-corrected chi connectivity index (χ3v) is 6.16. The van der Waals surface area contributed by atoms with Crippen LogP contribution < -0.4 is 16.4 Å². The lowest BCUT2D eigenvalue weighted by molar-refractivity contribution is -0.161. The number of ether oxygens (including phenoxy) is 3. The summed E-state index contributed by atoms with van der Waals surface area (Å²) >= 11 is 0. The molecule has 0 bridgehead atoms. The van der Waals surface area contributed by atoms with Crippen LogP contribution in [-0.4, -0.2) is 78.5 Å². The molecule has 0 radical (unpaired) electrons. The predicted molar refractivity (Wildman–Crippen MR) is 144 cm³/mol.